The Labute approximate surface area is 109 Å². The van der Waals surface area contributed by atoms with Crippen molar-refractivity contribution in [1.82, 2.24) is 10.6 Å². The largest absolute Gasteiger partial charge is 0.479 e. The van der Waals surface area contributed by atoms with E-state index in [1.54, 1.807) is 0 Å². The van der Waals surface area contributed by atoms with Crippen LogP contribution >= 0.6 is 0 Å². The fourth-order valence-corrected chi connectivity index (χ4v) is 0.961. The molecule has 112 valence electrons. The second kappa shape index (κ2) is 5.66. The summed E-state index contributed by atoms with van der Waals surface area (Å²) in [7, 11) is 0. The summed E-state index contributed by atoms with van der Waals surface area (Å²) in [5, 5.41) is 12.3. The van der Waals surface area contributed by atoms with Gasteiger partial charge in [0.25, 0.3) is 0 Å². The Morgan fingerprint density at radius 3 is 1.95 bits per heavy atom. The first kappa shape index (κ1) is 17.5. The van der Waals surface area contributed by atoms with Crippen molar-refractivity contribution in [3.05, 3.63) is 0 Å². The van der Waals surface area contributed by atoms with Gasteiger partial charge >= 0.3 is 18.2 Å². The molecule has 3 N–H and O–H groups in total. The van der Waals surface area contributed by atoms with Crippen LogP contribution in [-0.4, -0.2) is 35.4 Å². The minimum absolute atomic E-state index is 0.142. The summed E-state index contributed by atoms with van der Waals surface area (Å²) in [4.78, 5) is 22.1. The molecule has 0 saturated heterocycles. The number of aliphatic carboxylic acids is 1. The summed E-state index contributed by atoms with van der Waals surface area (Å²) >= 11 is 0. The van der Waals surface area contributed by atoms with E-state index in [2.05, 4.69) is 5.32 Å². The van der Waals surface area contributed by atoms with Crippen molar-refractivity contribution < 1.29 is 27.9 Å². The lowest BCUT2D eigenvalue weighted by Gasteiger charge is -2.29. The van der Waals surface area contributed by atoms with Gasteiger partial charge in [-0.15, -0.1) is 0 Å². The van der Waals surface area contributed by atoms with E-state index in [4.69, 9.17) is 5.11 Å². The summed E-state index contributed by atoms with van der Waals surface area (Å²) in [5.74, 6) is -2.16. The maximum Gasteiger partial charge on any atom is 0.422 e. The van der Waals surface area contributed by atoms with E-state index in [-0.39, 0.29) is 12.0 Å². The molecule has 0 aromatic carbocycles. The number of nitrogens with one attached hydrogen (secondary N) is 2. The van der Waals surface area contributed by atoms with Gasteiger partial charge in [0.15, 0.2) is 0 Å². The van der Waals surface area contributed by atoms with E-state index < -0.39 is 23.7 Å². The Morgan fingerprint density at radius 2 is 1.63 bits per heavy atom. The number of carboxylic acids is 1. The third-order valence-electron chi connectivity index (χ3n) is 3.04. The van der Waals surface area contributed by atoms with Crippen LogP contribution in [0.3, 0.4) is 0 Å². The standard InChI is InChI=1S/C11H19F3N2O3/c1-5-9(2,3)6-15-8(19)16-10(4,7(17)18)11(12,13)14/h5-6H2,1-4H3,(H,17,18)(H2,15,16,19). The molecule has 0 radical (unpaired) electrons. The number of amides is 2. The Balaban J connectivity index is 4.74. The average molecular weight is 284 g/mol. The summed E-state index contributed by atoms with van der Waals surface area (Å²) in [6.45, 7) is 6.07. The highest BCUT2D eigenvalue weighted by Crippen LogP contribution is 2.30. The molecule has 2 amide bonds. The van der Waals surface area contributed by atoms with Crippen molar-refractivity contribution >= 4 is 12.0 Å². The first-order chi connectivity index (χ1) is 8.35. The van der Waals surface area contributed by atoms with Crippen LogP contribution in [0.1, 0.15) is 34.1 Å². The normalized spacial score (nSPS) is 15.5. The lowest BCUT2D eigenvalue weighted by Crippen LogP contribution is -2.64. The summed E-state index contributed by atoms with van der Waals surface area (Å²) in [5.41, 5.74) is -3.59. The van der Waals surface area contributed by atoms with Gasteiger partial charge in [-0.3, -0.25) is 0 Å². The molecule has 19 heavy (non-hydrogen) atoms. The minimum atomic E-state index is -5.09. The second-order valence-corrected chi connectivity index (χ2v) is 5.25. The fraction of sp³-hybridized carbons (Fsp3) is 0.818. The Kier molecular flexibility index (Phi) is 5.23. The topological polar surface area (TPSA) is 78.4 Å². The van der Waals surface area contributed by atoms with Crippen molar-refractivity contribution in [2.24, 2.45) is 5.41 Å². The SMILES string of the molecule is CCC(C)(C)CNC(=O)NC(C)(C(=O)O)C(F)(F)F. The lowest BCUT2D eigenvalue weighted by molar-refractivity contribution is -0.203. The van der Waals surface area contributed by atoms with Crippen molar-refractivity contribution in [3.8, 4) is 0 Å². The number of carbonyl (C=O) groups is 2. The number of carboxylic acid groups (broad SMARTS) is 1. The zero-order valence-electron chi connectivity index (χ0n) is 11.3. The Hall–Kier alpha value is -1.47. The molecule has 0 heterocycles. The van der Waals surface area contributed by atoms with Gasteiger partial charge in [0.2, 0.25) is 5.54 Å². The molecule has 0 rings (SSSR count). The zero-order chi connectivity index (χ0) is 15.5. The Morgan fingerprint density at radius 1 is 1.16 bits per heavy atom. The first-order valence-corrected chi connectivity index (χ1v) is 5.72. The van der Waals surface area contributed by atoms with Gasteiger partial charge in [0, 0.05) is 6.54 Å². The molecular weight excluding hydrogens is 265 g/mol. The van der Waals surface area contributed by atoms with Gasteiger partial charge in [-0.2, -0.15) is 13.2 Å². The highest BCUT2D eigenvalue weighted by atomic mass is 19.4. The van der Waals surface area contributed by atoms with Crippen LogP contribution in [0.2, 0.25) is 0 Å². The molecule has 0 saturated carbocycles. The Bertz CT molecular complexity index is 356. The molecule has 5 nitrogen and oxygen atoms in total. The second-order valence-electron chi connectivity index (χ2n) is 5.25. The van der Waals surface area contributed by atoms with Gasteiger partial charge in [-0.25, -0.2) is 9.59 Å². The van der Waals surface area contributed by atoms with Gasteiger partial charge in [-0.1, -0.05) is 20.8 Å². The third-order valence-corrected chi connectivity index (χ3v) is 3.04. The van der Waals surface area contributed by atoms with Crippen LogP contribution in [0.15, 0.2) is 0 Å². The maximum atomic E-state index is 12.6. The van der Waals surface area contributed by atoms with Gasteiger partial charge in [-0.05, 0) is 18.8 Å². The molecule has 0 bridgehead atoms. The van der Waals surface area contributed by atoms with Gasteiger partial charge < -0.3 is 15.7 Å². The highest BCUT2D eigenvalue weighted by molar-refractivity contribution is 5.86. The summed E-state index contributed by atoms with van der Waals surface area (Å²) in [6, 6.07) is -1.16. The van der Waals surface area contributed by atoms with Crippen molar-refractivity contribution in [1.29, 1.82) is 0 Å². The van der Waals surface area contributed by atoms with Crippen LogP contribution in [0.5, 0.6) is 0 Å². The number of alkyl halides is 3. The van der Waals surface area contributed by atoms with E-state index >= 15 is 0 Å². The van der Waals surface area contributed by atoms with E-state index in [0.29, 0.717) is 13.3 Å². The molecular formula is C11H19F3N2O3. The van der Waals surface area contributed by atoms with Crippen molar-refractivity contribution in [3.63, 3.8) is 0 Å². The summed E-state index contributed by atoms with van der Waals surface area (Å²) in [6.07, 6.45) is -4.38. The maximum absolute atomic E-state index is 12.6. The number of hydrogen-bond acceptors (Lipinski definition) is 2. The molecule has 0 aliphatic carbocycles. The smallest absolute Gasteiger partial charge is 0.422 e. The van der Waals surface area contributed by atoms with Crippen molar-refractivity contribution in [2.75, 3.05) is 6.54 Å². The molecule has 1 atom stereocenters. The van der Waals surface area contributed by atoms with E-state index in [1.807, 2.05) is 20.8 Å². The van der Waals surface area contributed by atoms with Crippen LogP contribution in [0, 0.1) is 5.41 Å². The number of rotatable bonds is 5. The molecule has 0 aromatic heterocycles. The minimum Gasteiger partial charge on any atom is -0.479 e. The van der Waals surface area contributed by atoms with Gasteiger partial charge in [0.05, 0.1) is 0 Å². The third kappa shape index (κ3) is 4.60. The molecule has 0 aliphatic heterocycles. The van der Waals surface area contributed by atoms with Crippen LogP contribution in [0.25, 0.3) is 0 Å². The van der Waals surface area contributed by atoms with Crippen LogP contribution in [-0.2, 0) is 4.79 Å². The zero-order valence-corrected chi connectivity index (χ0v) is 11.3. The van der Waals surface area contributed by atoms with Crippen LogP contribution < -0.4 is 10.6 Å². The quantitative estimate of drug-likeness (QED) is 0.723. The molecule has 0 fully saturated rings. The average Bonchev–Trinajstić information content (AvgIpc) is 2.24. The fourth-order valence-electron chi connectivity index (χ4n) is 0.961. The monoisotopic (exact) mass is 284 g/mol. The molecule has 1 unspecified atom stereocenters. The lowest BCUT2D eigenvalue weighted by atomic mass is 9.90. The van der Waals surface area contributed by atoms with Crippen molar-refractivity contribution in [2.45, 2.75) is 45.8 Å². The molecule has 0 aromatic rings. The molecule has 8 heteroatoms. The first-order valence-electron chi connectivity index (χ1n) is 5.72. The molecule has 0 aliphatic rings. The molecule has 0 spiro atoms. The van der Waals surface area contributed by atoms with Crippen LogP contribution in [0.4, 0.5) is 18.0 Å². The predicted molar refractivity (Wildman–Crippen MR) is 62.7 cm³/mol. The summed E-state index contributed by atoms with van der Waals surface area (Å²) < 4.78 is 37.9. The van der Waals surface area contributed by atoms with E-state index in [9.17, 15) is 22.8 Å². The predicted octanol–water partition coefficient (Wildman–Crippen LogP) is 2.13. The highest BCUT2D eigenvalue weighted by Gasteiger charge is 2.58. The number of halogens is 3. The number of urea groups is 1. The van der Waals surface area contributed by atoms with E-state index in [1.165, 1.54) is 5.32 Å². The van der Waals surface area contributed by atoms with Gasteiger partial charge in [0.1, 0.15) is 0 Å². The number of hydrogen-bond donors (Lipinski definition) is 3. The van der Waals surface area contributed by atoms with E-state index in [0.717, 1.165) is 0 Å². The number of carbonyl (C=O) groups excluding carboxylic acids is 1.